The van der Waals surface area contributed by atoms with E-state index < -0.39 is 10.0 Å². The Hall–Kier alpha value is -3.63. The van der Waals surface area contributed by atoms with E-state index in [-0.39, 0.29) is 4.90 Å². The molecule has 0 saturated carbocycles. The number of anilines is 1. The molecule has 0 radical (unpaired) electrons. The Labute approximate surface area is 162 Å². The van der Waals surface area contributed by atoms with Crippen molar-refractivity contribution in [3.05, 3.63) is 89.8 Å². The standard InChI is InChI=1S/C21H15N3O3S/c22-14-16-11-9-15(10-12-16)13-20-23-21-18(7-4-8-19(21)27-20)24-28(25,26)17-5-2-1-3-6-17/h1-12,24H,13H2. The Kier molecular flexibility index (Phi) is 4.55. The summed E-state index contributed by atoms with van der Waals surface area (Å²) in [6.45, 7) is 0. The average Bonchev–Trinajstić information content (AvgIpc) is 3.13. The molecule has 0 aliphatic rings. The Balaban J connectivity index is 1.64. The molecule has 0 aliphatic carbocycles. The van der Waals surface area contributed by atoms with E-state index >= 15 is 0 Å². The number of hydrogen-bond acceptors (Lipinski definition) is 5. The molecule has 28 heavy (non-hydrogen) atoms. The highest BCUT2D eigenvalue weighted by Crippen LogP contribution is 2.27. The summed E-state index contributed by atoms with van der Waals surface area (Å²) in [7, 11) is -3.72. The summed E-state index contributed by atoms with van der Waals surface area (Å²) in [5.41, 5.74) is 2.83. The van der Waals surface area contributed by atoms with Crippen LogP contribution in [0.25, 0.3) is 11.1 Å². The second-order valence-electron chi connectivity index (χ2n) is 6.16. The predicted octanol–water partition coefficient (Wildman–Crippen LogP) is 4.09. The lowest BCUT2D eigenvalue weighted by atomic mass is 10.1. The van der Waals surface area contributed by atoms with Crippen LogP contribution in [0.5, 0.6) is 0 Å². The van der Waals surface area contributed by atoms with Crippen LogP contribution in [0.1, 0.15) is 17.0 Å². The molecule has 0 amide bonds. The molecule has 7 heteroatoms. The van der Waals surface area contributed by atoms with Gasteiger partial charge in [0.2, 0.25) is 0 Å². The molecule has 6 nitrogen and oxygen atoms in total. The van der Waals surface area contributed by atoms with Crippen LogP contribution < -0.4 is 4.72 Å². The summed E-state index contributed by atoms with van der Waals surface area (Å²) in [6, 6.07) is 22.5. The van der Waals surface area contributed by atoms with E-state index in [1.54, 1.807) is 48.5 Å². The van der Waals surface area contributed by atoms with Gasteiger partial charge in [0, 0.05) is 6.42 Å². The lowest BCUT2D eigenvalue weighted by Crippen LogP contribution is -2.13. The van der Waals surface area contributed by atoms with Crippen LogP contribution in [0.4, 0.5) is 5.69 Å². The van der Waals surface area contributed by atoms with Crippen molar-refractivity contribution >= 4 is 26.8 Å². The summed E-state index contributed by atoms with van der Waals surface area (Å²) < 4.78 is 33.6. The molecule has 0 aliphatic heterocycles. The highest BCUT2D eigenvalue weighted by molar-refractivity contribution is 7.92. The Bertz CT molecular complexity index is 1270. The molecule has 1 N–H and O–H groups in total. The van der Waals surface area contributed by atoms with Crippen LogP contribution in [0, 0.1) is 11.3 Å². The van der Waals surface area contributed by atoms with Crippen molar-refractivity contribution in [2.45, 2.75) is 11.3 Å². The number of nitriles is 1. The van der Waals surface area contributed by atoms with E-state index in [0.717, 1.165) is 5.56 Å². The quantitative estimate of drug-likeness (QED) is 0.554. The maximum absolute atomic E-state index is 12.6. The highest BCUT2D eigenvalue weighted by Gasteiger charge is 2.17. The lowest BCUT2D eigenvalue weighted by Gasteiger charge is -2.07. The van der Waals surface area contributed by atoms with Crippen LogP contribution in [0.3, 0.4) is 0 Å². The van der Waals surface area contributed by atoms with Gasteiger partial charge in [-0.15, -0.1) is 0 Å². The summed E-state index contributed by atoms with van der Waals surface area (Å²) in [5.74, 6) is 0.464. The van der Waals surface area contributed by atoms with Gasteiger partial charge in [-0.1, -0.05) is 36.4 Å². The molecule has 4 aromatic rings. The van der Waals surface area contributed by atoms with Gasteiger partial charge >= 0.3 is 0 Å². The Morgan fingerprint density at radius 1 is 0.964 bits per heavy atom. The predicted molar refractivity (Wildman–Crippen MR) is 105 cm³/mol. The molecule has 4 rings (SSSR count). The Morgan fingerprint density at radius 3 is 2.43 bits per heavy atom. The van der Waals surface area contributed by atoms with Gasteiger partial charge in [0.25, 0.3) is 10.0 Å². The number of nitrogens with one attached hydrogen (secondary N) is 1. The third kappa shape index (κ3) is 3.59. The van der Waals surface area contributed by atoms with Crippen LogP contribution in [-0.2, 0) is 16.4 Å². The zero-order valence-corrected chi connectivity index (χ0v) is 15.5. The van der Waals surface area contributed by atoms with E-state index in [2.05, 4.69) is 15.8 Å². The number of aromatic nitrogens is 1. The fraction of sp³-hybridized carbons (Fsp3) is 0.0476. The number of rotatable bonds is 5. The first-order valence-electron chi connectivity index (χ1n) is 8.50. The summed E-state index contributed by atoms with van der Waals surface area (Å²) in [5, 5.41) is 8.88. The smallest absolute Gasteiger partial charge is 0.261 e. The first-order valence-corrected chi connectivity index (χ1v) is 9.99. The normalized spacial score (nSPS) is 11.2. The minimum absolute atomic E-state index is 0.174. The van der Waals surface area contributed by atoms with Crippen molar-refractivity contribution in [2.75, 3.05) is 4.72 Å². The van der Waals surface area contributed by atoms with Gasteiger partial charge in [0.15, 0.2) is 11.5 Å². The largest absolute Gasteiger partial charge is 0.440 e. The molecule has 0 fully saturated rings. The first kappa shape index (κ1) is 17.8. The number of para-hydroxylation sites is 1. The fourth-order valence-corrected chi connectivity index (χ4v) is 3.92. The van der Waals surface area contributed by atoms with Gasteiger partial charge in [-0.25, -0.2) is 13.4 Å². The molecule has 0 saturated heterocycles. The molecule has 1 heterocycles. The van der Waals surface area contributed by atoms with Crippen molar-refractivity contribution in [3.8, 4) is 6.07 Å². The van der Waals surface area contributed by atoms with E-state index in [0.29, 0.717) is 34.7 Å². The number of sulfonamides is 1. The third-order valence-electron chi connectivity index (χ3n) is 4.20. The summed E-state index contributed by atoms with van der Waals surface area (Å²) in [4.78, 5) is 4.64. The molecule has 0 atom stereocenters. The van der Waals surface area contributed by atoms with E-state index in [4.69, 9.17) is 9.68 Å². The van der Waals surface area contributed by atoms with Gasteiger partial charge in [-0.3, -0.25) is 4.72 Å². The zero-order valence-electron chi connectivity index (χ0n) is 14.7. The SMILES string of the molecule is N#Cc1ccc(Cc2nc3c(NS(=O)(=O)c4ccccc4)cccc3o2)cc1. The molecule has 0 unspecified atom stereocenters. The van der Waals surface area contributed by atoms with Crippen molar-refractivity contribution in [3.63, 3.8) is 0 Å². The molecular weight excluding hydrogens is 374 g/mol. The maximum atomic E-state index is 12.6. The van der Waals surface area contributed by atoms with Crippen LogP contribution in [0.15, 0.2) is 82.1 Å². The van der Waals surface area contributed by atoms with Crippen molar-refractivity contribution < 1.29 is 12.8 Å². The average molecular weight is 389 g/mol. The Morgan fingerprint density at radius 2 is 1.71 bits per heavy atom. The molecule has 138 valence electrons. The molecule has 1 aromatic heterocycles. The van der Waals surface area contributed by atoms with Crippen LogP contribution in [-0.4, -0.2) is 13.4 Å². The molecule has 0 spiro atoms. The monoisotopic (exact) mass is 389 g/mol. The van der Waals surface area contributed by atoms with Crippen LogP contribution >= 0.6 is 0 Å². The van der Waals surface area contributed by atoms with E-state index in [1.807, 2.05) is 12.1 Å². The number of benzene rings is 3. The van der Waals surface area contributed by atoms with Crippen molar-refractivity contribution in [1.82, 2.24) is 4.98 Å². The minimum Gasteiger partial charge on any atom is -0.440 e. The van der Waals surface area contributed by atoms with Gasteiger partial charge in [-0.2, -0.15) is 5.26 Å². The topological polar surface area (TPSA) is 96.0 Å². The van der Waals surface area contributed by atoms with Gasteiger partial charge in [0.05, 0.1) is 22.2 Å². The van der Waals surface area contributed by atoms with Crippen molar-refractivity contribution in [2.24, 2.45) is 0 Å². The van der Waals surface area contributed by atoms with Crippen molar-refractivity contribution in [1.29, 1.82) is 5.26 Å². The third-order valence-corrected chi connectivity index (χ3v) is 5.58. The summed E-state index contributed by atoms with van der Waals surface area (Å²) >= 11 is 0. The minimum atomic E-state index is -3.72. The maximum Gasteiger partial charge on any atom is 0.261 e. The number of oxazole rings is 1. The number of nitrogens with zero attached hydrogens (tertiary/aromatic N) is 2. The highest BCUT2D eigenvalue weighted by atomic mass is 32.2. The molecule has 3 aromatic carbocycles. The van der Waals surface area contributed by atoms with E-state index in [1.165, 1.54) is 12.1 Å². The second-order valence-corrected chi connectivity index (χ2v) is 7.85. The lowest BCUT2D eigenvalue weighted by molar-refractivity contribution is 0.544. The van der Waals surface area contributed by atoms with Gasteiger partial charge < -0.3 is 4.42 Å². The molecular formula is C21H15N3O3S. The fourth-order valence-electron chi connectivity index (χ4n) is 2.83. The number of fused-ring (bicyclic) bond motifs is 1. The number of hydrogen-bond donors (Lipinski definition) is 1. The van der Waals surface area contributed by atoms with Gasteiger partial charge in [-0.05, 0) is 42.0 Å². The van der Waals surface area contributed by atoms with E-state index in [9.17, 15) is 8.42 Å². The first-order chi connectivity index (χ1) is 13.5. The van der Waals surface area contributed by atoms with Gasteiger partial charge in [0.1, 0.15) is 5.52 Å². The molecule has 0 bridgehead atoms. The van der Waals surface area contributed by atoms with Crippen LogP contribution in [0.2, 0.25) is 0 Å². The second kappa shape index (κ2) is 7.18. The summed E-state index contributed by atoms with van der Waals surface area (Å²) in [6.07, 6.45) is 0.436. The zero-order chi connectivity index (χ0) is 19.6.